The van der Waals surface area contributed by atoms with Crippen LogP contribution in [0.4, 0.5) is 0 Å². The van der Waals surface area contributed by atoms with E-state index in [9.17, 15) is 4.79 Å². The van der Waals surface area contributed by atoms with Crippen molar-refractivity contribution < 1.29 is 4.79 Å². The Balaban J connectivity index is 1.83. The van der Waals surface area contributed by atoms with E-state index >= 15 is 0 Å². The first-order valence-electron chi connectivity index (χ1n) is 5.42. The second-order valence-electron chi connectivity index (χ2n) is 3.59. The predicted octanol–water partition coefficient (Wildman–Crippen LogP) is 1.95. The molecule has 1 aromatic carbocycles. The predicted molar refractivity (Wildman–Crippen MR) is 65.9 cm³/mol. The van der Waals surface area contributed by atoms with Crippen LogP contribution < -0.4 is 5.32 Å². The molecule has 3 nitrogen and oxygen atoms in total. The van der Waals surface area contributed by atoms with Gasteiger partial charge in [0.25, 0.3) is 0 Å². The molecule has 0 atom stereocenters. The summed E-state index contributed by atoms with van der Waals surface area (Å²) in [5, 5.41) is 2.79. The van der Waals surface area contributed by atoms with E-state index in [0.717, 1.165) is 11.3 Å². The first-order valence-corrected chi connectivity index (χ1v) is 5.42. The normalized spacial score (nSPS) is 9.88. The summed E-state index contributed by atoms with van der Waals surface area (Å²) >= 11 is 0. The van der Waals surface area contributed by atoms with Crippen molar-refractivity contribution in [1.82, 2.24) is 10.3 Å². The van der Waals surface area contributed by atoms with Gasteiger partial charge in [0.05, 0.1) is 18.7 Å². The molecule has 0 aliphatic rings. The third kappa shape index (κ3) is 3.72. The molecule has 0 bridgehead atoms. The van der Waals surface area contributed by atoms with E-state index in [0.29, 0.717) is 6.54 Å². The van der Waals surface area contributed by atoms with Crippen molar-refractivity contribution in [2.24, 2.45) is 0 Å². The number of aromatic nitrogens is 1. The lowest BCUT2D eigenvalue weighted by Crippen LogP contribution is -2.23. The van der Waals surface area contributed by atoms with Crippen LogP contribution in [0.15, 0.2) is 54.7 Å². The minimum atomic E-state index is -0.109. The standard InChI is InChI=1S/C14H13N2O/c17-14(10-12-6-2-1-3-7-12)16-11-13-8-4-5-9-15-13/h1-10H,11H2,(H,16,17). The summed E-state index contributed by atoms with van der Waals surface area (Å²) in [5.41, 5.74) is 1.74. The molecule has 0 spiro atoms. The van der Waals surface area contributed by atoms with Crippen LogP contribution in [-0.4, -0.2) is 10.9 Å². The smallest absolute Gasteiger partial charge is 0.229 e. The molecule has 2 rings (SSSR count). The molecule has 1 N–H and O–H groups in total. The molecule has 1 radical (unpaired) electrons. The largest absolute Gasteiger partial charge is 0.350 e. The van der Waals surface area contributed by atoms with Crippen LogP contribution in [0.2, 0.25) is 0 Å². The van der Waals surface area contributed by atoms with Crippen LogP contribution in [0, 0.1) is 6.42 Å². The highest BCUT2D eigenvalue weighted by Gasteiger charge is 2.03. The number of nitrogens with zero attached hydrogens (tertiary/aromatic N) is 1. The second kappa shape index (κ2) is 5.80. The van der Waals surface area contributed by atoms with E-state index < -0.39 is 0 Å². The van der Waals surface area contributed by atoms with Crippen LogP contribution in [0.1, 0.15) is 11.3 Å². The highest BCUT2D eigenvalue weighted by molar-refractivity contribution is 5.88. The van der Waals surface area contributed by atoms with E-state index in [1.807, 2.05) is 48.5 Å². The molecular weight excluding hydrogens is 212 g/mol. The molecule has 2 aromatic rings. The Labute approximate surface area is 101 Å². The number of carbonyl (C=O) groups is 1. The SMILES string of the molecule is O=C([CH]c1ccccc1)NCc1ccccn1. The number of nitrogens with one attached hydrogen (secondary N) is 1. The Morgan fingerprint density at radius 1 is 1.12 bits per heavy atom. The number of carbonyl (C=O) groups excluding carboxylic acids is 1. The summed E-state index contributed by atoms with van der Waals surface area (Å²) in [6, 6.07) is 15.1. The third-order valence-corrected chi connectivity index (χ3v) is 2.27. The van der Waals surface area contributed by atoms with Gasteiger partial charge in [0, 0.05) is 6.20 Å². The molecule has 1 amide bonds. The molecule has 85 valence electrons. The Kier molecular flexibility index (Phi) is 3.86. The zero-order valence-corrected chi connectivity index (χ0v) is 9.34. The van der Waals surface area contributed by atoms with Crippen molar-refractivity contribution in [3.63, 3.8) is 0 Å². The van der Waals surface area contributed by atoms with Crippen LogP contribution in [0.5, 0.6) is 0 Å². The van der Waals surface area contributed by atoms with Gasteiger partial charge in [-0.05, 0) is 17.7 Å². The molecule has 17 heavy (non-hydrogen) atoms. The number of hydrogen-bond acceptors (Lipinski definition) is 2. The molecule has 0 saturated carbocycles. The molecule has 1 aromatic heterocycles. The van der Waals surface area contributed by atoms with Crippen LogP contribution in [0.25, 0.3) is 0 Å². The monoisotopic (exact) mass is 225 g/mol. The molecule has 0 aliphatic heterocycles. The minimum Gasteiger partial charge on any atom is -0.350 e. The van der Waals surface area contributed by atoms with Crippen LogP contribution in [0.3, 0.4) is 0 Å². The fourth-order valence-electron chi connectivity index (χ4n) is 1.43. The highest BCUT2D eigenvalue weighted by atomic mass is 16.1. The number of rotatable bonds is 4. The summed E-state index contributed by atoms with van der Waals surface area (Å²) in [4.78, 5) is 15.7. The van der Waals surface area contributed by atoms with Crippen molar-refractivity contribution in [2.45, 2.75) is 6.54 Å². The third-order valence-electron chi connectivity index (χ3n) is 2.27. The molecule has 0 fully saturated rings. The van der Waals surface area contributed by atoms with Crippen LogP contribution in [-0.2, 0) is 11.3 Å². The van der Waals surface area contributed by atoms with Crippen molar-refractivity contribution in [3.05, 3.63) is 72.4 Å². The second-order valence-corrected chi connectivity index (χ2v) is 3.59. The summed E-state index contributed by atoms with van der Waals surface area (Å²) in [7, 11) is 0. The lowest BCUT2D eigenvalue weighted by Gasteiger charge is -2.04. The maximum absolute atomic E-state index is 11.6. The Morgan fingerprint density at radius 2 is 1.88 bits per heavy atom. The first-order chi connectivity index (χ1) is 8.34. The molecule has 1 heterocycles. The Bertz CT molecular complexity index is 468. The lowest BCUT2D eigenvalue weighted by molar-refractivity contribution is -0.117. The zero-order valence-electron chi connectivity index (χ0n) is 9.34. The summed E-state index contributed by atoms with van der Waals surface area (Å²) in [6.45, 7) is 0.447. The Hall–Kier alpha value is -2.16. The van der Waals surface area contributed by atoms with Gasteiger partial charge in [-0.2, -0.15) is 0 Å². The van der Waals surface area contributed by atoms with E-state index in [1.54, 1.807) is 12.6 Å². The zero-order chi connectivity index (χ0) is 11.9. The van der Waals surface area contributed by atoms with E-state index in [-0.39, 0.29) is 5.91 Å². The van der Waals surface area contributed by atoms with Crippen LogP contribution >= 0.6 is 0 Å². The summed E-state index contributed by atoms with van der Waals surface area (Å²) in [5.74, 6) is -0.109. The topological polar surface area (TPSA) is 42.0 Å². The molecular formula is C14H13N2O. The summed E-state index contributed by atoms with van der Waals surface area (Å²) in [6.07, 6.45) is 3.28. The van der Waals surface area contributed by atoms with Gasteiger partial charge in [0.1, 0.15) is 0 Å². The minimum absolute atomic E-state index is 0.109. The number of benzene rings is 1. The van der Waals surface area contributed by atoms with Gasteiger partial charge in [-0.1, -0.05) is 36.4 Å². The Morgan fingerprint density at radius 3 is 2.59 bits per heavy atom. The van der Waals surface area contributed by atoms with Gasteiger partial charge >= 0.3 is 0 Å². The van der Waals surface area contributed by atoms with Gasteiger partial charge in [0.2, 0.25) is 5.91 Å². The maximum Gasteiger partial charge on any atom is 0.229 e. The van der Waals surface area contributed by atoms with Crippen molar-refractivity contribution in [2.75, 3.05) is 0 Å². The van der Waals surface area contributed by atoms with Gasteiger partial charge in [0.15, 0.2) is 0 Å². The van der Waals surface area contributed by atoms with E-state index in [2.05, 4.69) is 10.3 Å². The first kappa shape index (κ1) is 11.3. The van der Waals surface area contributed by atoms with Gasteiger partial charge in [-0.15, -0.1) is 0 Å². The van der Waals surface area contributed by atoms with E-state index in [4.69, 9.17) is 0 Å². The number of amides is 1. The average molecular weight is 225 g/mol. The lowest BCUT2D eigenvalue weighted by atomic mass is 10.1. The quantitative estimate of drug-likeness (QED) is 0.864. The van der Waals surface area contributed by atoms with Crippen molar-refractivity contribution >= 4 is 5.91 Å². The molecule has 0 aliphatic carbocycles. The van der Waals surface area contributed by atoms with Crippen molar-refractivity contribution in [1.29, 1.82) is 0 Å². The van der Waals surface area contributed by atoms with Gasteiger partial charge < -0.3 is 5.32 Å². The maximum atomic E-state index is 11.6. The number of hydrogen-bond donors (Lipinski definition) is 1. The highest BCUT2D eigenvalue weighted by Crippen LogP contribution is 2.01. The van der Waals surface area contributed by atoms with E-state index in [1.165, 1.54) is 0 Å². The van der Waals surface area contributed by atoms with Gasteiger partial charge in [-0.25, -0.2) is 0 Å². The molecule has 0 unspecified atom stereocenters. The molecule has 0 saturated heterocycles. The average Bonchev–Trinajstić information content (AvgIpc) is 2.39. The number of pyridine rings is 1. The fraction of sp³-hybridized carbons (Fsp3) is 0.0714. The van der Waals surface area contributed by atoms with Gasteiger partial charge in [-0.3, -0.25) is 9.78 Å². The summed E-state index contributed by atoms with van der Waals surface area (Å²) < 4.78 is 0. The van der Waals surface area contributed by atoms with Crippen molar-refractivity contribution in [3.8, 4) is 0 Å². The molecule has 3 heteroatoms. The fourth-order valence-corrected chi connectivity index (χ4v) is 1.43.